The molecule has 0 amide bonds. The number of nitrogens with one attached hydrogen (secondary N) is 1. The Morgan fingerprint density at radius 2 is 1.73 bits per heavy atom. The molecule has 1 rings (SSSR count). The smallest absolute Gasteiger partial charge is 0.0330 e. The van der Waals surface area contributed by atoms with Crippen LogP contribution in [0, 0.1) is 0 Å². The van der Waals surface area contributed by atoms with Crippen LogP contribution in [0.3, 0.4) is 0 Å². The minimum absolute atomic E-state index is 0.194. The topological polar surface area (TPSA) is 41.3 Å². The van der Waals surface area contributed by atoms with Gasteiger partial charge >= 0.3 is 0 Å². The van der Waals surface area contributed by atoms with Gasteiger partial charge in [0, 0.05) is 37.3 Å². The van der Waals surface area contributed by atoms with E-state index in [2.05, 4.69) is 37.9 Å². The summed E-state index contributed by atoms with van der Waals surface area (Å²) in [5.41, 5.74) is 6.12. The lowest BCUT2D eigenvalue weighted by atomic mass is 9.86. The lowest BCUT2D eigenvalue weighted by Gasteiger charge is -2.44. The Bertz CT molecular complexity index is 181. The molecule has 0 aromatic heterocycles. The van der Waals surface area contributed by atoms with Crippen molar-refractivity contribution >= 4 is 0 Å². The van der Waals surface area contributed by atoms with Crippen LogP contribution in [0.4, 0.5) is 0 Å². The van der Waals surface area contributed by atoms with Gasteiger partial charge in [-0.3, -0.25) is 0 Å². The molecule has 0 bridgehead atoms. The molecule has 0 saturated carbocycles. The molecule has 0 unspecified atom stereocenters. The highest BCUT2D eigenvalue weighted by Crippen LogP contribution is 2.23. The van der Waals surface area contributed by atoms with E-state index < -0.39 is 0 Å². The molecule has 1 saturated heterocycles. The lowest BCUT2D eigenvalue weighted by Crippen LogP contribution is -2.60. The average Bonchev–Trinajstić information content (AvgIpc) is 2.17. The monoisotopic (exact) mass is 213 g/mol. The fraction of sp³-hybridized carbons (Fsp3) is 1.00. The fourth-order valence-corrected chi connectivity index (χ4v) is 2.49. The maximum absolute atomic E-state index is 5.93. The number of hydrogen-bond donors (Lipinski definition) is 2. The Hall–Kier alpha value is -0.120. The van der Waals surface area contributed by atoms with Crippen molar-refractivity contribution < 1.29 is 0 Å². The molecule has 0 atom stereocenters. The third-order valence-electron chi connectivity index (χ3n) is 3.47. The molecule has 0 radical (unpaired) electrons. The highest BCUT2D eigenvalue weighted by atomic mass is 15.2. The molecule has 3 N–H and O–H groups in total. The van der Waals surface area contributed by atoms with Crippen molar-refractivity contribution in [3.8, 4) is 0 Å². The van der Waals surface area contributed by atoms with Crippen molar-refractivity contribution in [2.24, 2.45) is 5.73 Å². The molecule has 0 spiro atoms. The fourth-order valence-electron chi connectivity index (χ4n) is 2.49. The molecule has 1 heterocycles. The van der Waals surface area contributed by atoms with Gasteiger partial charge in [-0.25, -0.2) is 0 Å². The second-order valence-corrected chi connectivity index (χ2v) is 5.41. The maximum Gasteiger partial charge on any atom is 0.0330 e. The van der Waals surface area contributed by atoms with Gasteiger partial charge in [0.15, 0.2) is 0 Å². The lowest BCUT2D eigenvalue weighted by molar-refractivity contribution is 0.109. The van der Waals surface area contributed by atoms with Crippen LogP contribution in [0.15, 0.2) is 0 Å². The van der Waals surface area contributed by atoms with Crippen LogP contribution >= 0.6 is 0 Å². The SMILES string of the molecule is CC(C)NC1(CN)CCN(C(C)C)CC1. The first-order chi connectivity index (χ1) is 6.99. The summed E-state index contributed by atoms with van der Waals surface area (Å²) in [5, 5.41) is 3.65. The van der Waals surface area contributed by atoms with Crippen LogP contribution in [0.1, 0.15) is 40.5 Å². The van der Waals surface area contributed by atoms with Gasteiger partial charge in [-0.1, -0.05) is 13.8 Å². The zero-order chi connectivity index (χ0) is 11.5. The summed E-state index contributed by atoms with van der Waals surface area (Å²) in [7, 11) is 0. The number of rotatable bonds is 4. The van der Waals surface area contributed by atoms with Crippen molar-refractivity contribution in [3.05, 3.63) is 0 Å². The molecule has 1 fully saturated rings. The third-order valence-corrected chi connectivity index (χ3v) is 3.47. The summed E-state index contributed by atoms with van der Waals surface area (Å²) < 4.78 is 0. The first-order valence-corrected chi connectivity index (χ1v) is 6.21. The Balaban J connectivity index is 2.50. The minimum Gasteiger partial charge on any atom is -0.329 e. The van der Waals surface area contributed by atoms with E-state index in [-0.39, 0.29) is 5.54 Å². The van der Waals surface area contributed by atoms with Gasteiger partial charge in [-0.15, -0.1) is 0 Å². The highest BCUT2D eigenvalue weighted by molar-refractivity contribution is 4.95. The minimum atomic E-state index is 0.194. The van der Waals surface area contributed by atoms with E-state index in [1.54, 1.807) is 0 Å². The van der Waals surface area contributed by atoms with Crippen LogP contribution in [0.5, 0.6) is 0 Å². The number of piperidine rings is 1. The van der Waals surface area contributed by atoms with E-state index in [0.29, 0.717) is 12.1 Å². The Morgan fingerprint density at radius 3 is 2.07 bits per heavy atom. The largest absolute Gasteiger partial charge is 0.329 e. The van der Waals surface area contributed by atoms with E-state index in [1.807, 2.05) is 0 Å². The van der Waals surface area contributed by atoms with Crippen LogP contribution in [0.25, 0.3) is 0 Å². The van der Waals surface area contributed by atoms with Crippen LogP contribution < -0.4 is 11.1 Å². The summed E-state index contributed by atoms with van der Waals surface area (Å²) in [4.78, 5) is 2.54. The quantitative estimate of drug-likeness (QED) is 0.737. The van der Waals surface area contributed by atoms with Crippen LogP contribution in [-0.2, 0) is 0 Å². The Morgan fingerprint density at radius 1 is 1.20 bits per heavy atom. The van der Waals surface area contributed by atoms with Gasteiger partial charge in [0.1, 0.15) is 0 Å². The maximum atomic E-state index is 5.93. The molecule has 90 valence electrons. The summed E-state index contributed by atoms with van der Waals surface area (Å²) in [6.07, 6.45) is 2.36. The van der Waals surface area contributed by atoms with Gasteiger partial charge in [0.2, 0.25) is 0 Å². The zero-order valence-electron chi connectivity index (χ0n) is 10.7. The van der Waals surface area contributed by atoms with E-state index in [9.17, 15) is 0 Å². The number of hydrogen-bond acceptors (Lipinski definition) is 3. The first kappa shape index (κ1) is 12.9. The predicted octanol–water partition coefficient (Wildman–Crippen LogP) is 1.19. The van der Waals surface area contributed by atoms with Crippen molar-refractivity contribution in [2.75, 3.05) is 19.6 Å². The second-order valence-electron chi connectivity index (χ2n) is 5.41. The molecule has 3 nitrogen and oxygen atoms in total. The molecular weight excluding hydrogens is 186 g/mol. The molecule has 15 heavy (non-hydrogen) atoms. The first-order valence-electron chi connectivity index (χ1n) is 6.21. The van der Waals surface area contributed by atoms with Crippen molar-refractivity contribution in [3.63, 3.8) is 0 Å². The molecule has 1 aliphatic heterocycles. The number of nitrogens with zero attached hydrogens (tertiary/aromatic N) is 1. The number of nitrogens with two attached hydrogens (primary N) is 1. The number of likely N-dealkylation sites (tertiary alicyclic amines) is 1. The van der Waals surface area contributed by atoms with E-state index in [4.69, 9.17) is 5.73 Å². The van der Waals surface area contributed by atoms with Crippen LogP contribution in [0.2, 0.25) is 0 Å². The third kappa shape index (κ3) is 3.44. The predicted molar refractivity (Wildman–Crippen MR) is 66.0 cm³/mol. The van der Waals surface area contributed by atoms with Gasteiger partial charge in [-0.2, -0.15) is 0 Å². The summed E-state index contributed by atoms with van der Waals surface area (Å²) in [6.45, 7) is 12.1. The van der Waals surface area contributed by atoms with Gasteiger partial charge in [-0.05, 0) is 26.7 Å². The van der Waals surface area contributed by atoms with Gasteiger partial charge in [0.25, 0.3) is 0 Å². The van der Waals surface area contributed by atoms with E-state index in [0.717, 1.165) is 6.54 Å². The molecular formula is C12H27N3. The standard InChI is InChI=1S/C12H27N3/c1-10(2)14-12(9-13)5-7-15(8-6-12)11(3)4/h10-11,14H,5-9,13H2,1-4H3. The van der Waals surface area contributed by atoms with Gasteiger partial charge in [0.05, 0.1) is 0 Å². The Kier molecular flexibility index (Phi) is 4.56. The van der Waals surface area contributed by atoms with Crippen molar-refractivity contribution in [2.45, 2.75) is 58.2 Å². The Labute approximate surface area is 94.4 Å². The summed E-state index contributed by atoms with van der Waals surface area (Å²) in [5.74, 6) is 0. The van der Waals surface area contributed by atoms with Crippen LogP contribution in [-0.4, -0.2) is 42.2 Å². The molecule has 0 aromatic rings. The van der Waals surface area contributed by atoms with Crippen molar-refractivity contribution in [1.82, 2.24) is 10.2 Å². The molecule has 0 aromatic carbocycles. The van der Waals surface area contributed by atoms with E-state index >= 15 is 0 Å². The normalized spacial score (nSPS) is 22.6. The zero-order valence-corrected chi connectivity index (χ0v) is 10.7. The van der Waals surface area contributed by atoms with Crippen molar-refractivity contribution in [1.29, 1.82) is 0 Å². The molecule has 3 heteroatoms. The van der Waals surface area contributed by atoms with Gasteiger partial charge < -0.3 is 16.0 Å². The summed E-state index contributed by atoms with van der Waals surface area (Å²) in [6, 6.07) is 1.19. The highest BCUT2D eigenvalue weighted by Gasteiger charge is 2.33. The molecule has 1 aliphatic rings. The molecule has 0 aliphatic carbocycles. The second kappa shape index (κ2) is 5.28. The van der Waals surface area contributed by atoms with E-state index in [1.165, 1.54) is 25.9 Å². The average molecular weight is 213 g/mol. The summed E-state index contributed by atoms with van der Waals surface area (Å²) >= 11 is 0.